The molecule has 0 bridgehead atoms. The van der Waals surface area contributed by atoms with Crippen molar-refractivity contribution >= 4 is 28.3 Å². The number of rotatable bonds is 2. The second-order valence-electron chi connectivity index (χ2n) is 3.57. The van der Waals surface area contributed by atoms with Crippen molar-refractivity contribution in [3.05, 3.63) is 34.5 Å². The predicted octanol–water partition coefficient (Wildman–Crippen LogP) is 1.04. The van der Waals surface area contributed by atoms with Crippen LogP contribution in [0, 0.1) is 0 Å². The molecule has 3 heterocycles. The third kappa shape index (κ3) is 1.65. The van der Waals surface area contributed by atoms with Crippen molar-refractivity contribution in [3.8, 4) is 0 Å². The summed E-state index contributed by atoms with van der Waals surface area (Å²) in [5, 5.41) is 1.98. The minimum Gasteiger partial charge on any atom is -0.382 e. The number of thiophene rings is 1. The molecule has 0 aliphatic carbocycles. The van der Waals surface area contributed by atoms with E-state index in [9.17, 15) is 0 Å². The van der Waals surface area contributed by atoms with Crippen LogP contribution in [0.3, 0.4) is 0 Å². The van der Waals surface area contributed by atoms with Crippen LogP contribution in [0.2, 0.25) is 0 Å². The molecule has 5 N–H and O–H groups in total. The van der Waals surface area contributed by atoms with E-state index in [1.807, 2.05) is 17.5 Å². The molecule has 0 aliphatic heterocycles. The molecule has 0 spiro atoms. The quantitative estimate of drug-likeness (QED) is 0.626. The lowest BCUT2D eigenvalue weighted by Gasteiger charge is -2.04. The van der Waals surface area contributed by atoms with Crippen LogP contribution in [0.4, 0.5) is 5.82 Å². The molecular formula is C10H10N6S. The number of fused-ring (bicyclic) bond motifs is 1. The average molecular weight is 246 g/mol. The summed E-state index contributed by atoms with van der Waals surface area (Å²) in [4.78, 5) is 16.4. The maximum Gasteiger partial charge on any atom is 0.183 e. The summed E-state index contributed by atoms with van der Waals surface area (Å²) < 4.78 is 0. The third-order valence-electron chi connectivity index (χ3n) is 2.48. The van der Waals surface area contributed by atoms with E-state index in [1.54, 1.807) is 11.3 Å². The topological polar surface area (TPSA) is 106 Å². The highest BCUT2D eigenvalue weighted by atomic mass is 32.1. The molecular weight excluding hydrogens is 236 g/mol. The lowest BCUT2D eigenvalue weighted by atomic mass is 10.2. The van der Waals surface area contributed by atoms with E-state index >= 15 is 0 Å². The number of nitrogens with zero attached hydrogens (tertiary/aromatic N) is 3. The van der Waals surface area contributed by atoms with Gasteiger partial charge in [-0.3, -0.25) is 0 Å². The zero-order valence-corrected chi connectivity index (χ0v) is 9.61. The van der Waals surface area contributed by atoms with Gasteiger partial charge in [-0.05, 0) is 11.4 Å². The van der Waals surface area contributed by atoms with Crippen LogP contribution in [0.25, 0.3) is 11.2 Å². The summed E-state index contributed by atoms with van der Waals surface area (Å²) >= 11 is 1.59. The van der Waals surface area contributed by atoms with E-state index in [0.29, 0.717) is 22.8 Å². The molecule has 1 unspecified atom stereocenters. The fourth-order valence-corrected chi connectivity index (χ4v) is 2.34. The van der Waals surface area contributed by atoms with Crippen molar-refractivity contribution in [1.82, 2.24) is 19.9 Å². The first kappa shape index (κ1) is 10.2. The van der Waals surface area contributed by atoms with E-state index in [-0.39, 0.29) is 6.04 Å². The molecule has 3 aromatic rings. The van der Waals surface area contributed by atoms with Gasteiger partial charge in [-0.2, -0.15) is 0 Å². The van der Waals surface area contributed by atoms with E-state index in [1.165, 1.54) is 6.33 Å². The van der Waals surface area contributed by atoms with E-state index in [0.717, 1.165) is 4.88 Å². The lowest BCUT2D eigenvalue weighted by molar-refractivity contribution is 0.821. The molecule has 0 aliphatic rings. The fourth-order valence-electron chi connectivity index (χ4n) is 1.61. The number of hydrogen-bond donors (Lipinski definition) is 3. The fraction of sp³-hybridized carbons (Fsp3) is 0.100. The number of aromatic nitrogens is 4. The highest BCUT2D eigenvalue weighted by Crippen LogP contribution is 2.24. The Labute approximate surface area is 101 Å². The van der Waals surface area contributed by atoms with Gasteiger partial charge in [0.25, 0.3) is 0 Å². The van der Waals surface area contributed by atoms with Gasteiger partial charge in [0.15, 0.2) is 11.5 Å². The van der Waals surface area contributed by atoms with Crippen molar-refractivity contribution in [2.75, 3.05) is 5.73 Å². The number of nitrogens with two attached hydrogens (primary N) is 2. The number of imidazole rings is 1. The standard InChI is InChI=1S/C10H10N6S/c11-6(5-2-1-3-17-5)9-15-7-8(12)13-4-14-10(7)16-9/h1-4,6H,11H2,(H3,12,13,14,15,16). The Balaban J connectivity index is 2.10. The first-order valence-corrected chi connectivity index (χ1v) is 5.89. The predicted molar refractivity (Wildman–Crippen MR) is 66.4 cm³/mol. The number of aromatic amines is 1. The summed E-state index contributed by atoms with van der Waals surface area (Å²) in [6.45, 7) is 0. The van der Waals surface area contributed by atoms with Crippen LogP contribution in [0.5, 0.6) is 0 Å². The Morgan fingerprint density at radius 3 is 2.94 bits per heavy atom. The van der Waals surface area contributed by atoms with Gasteiger partial charge in [-0.1, -0.05) is 6.07 Å². The van der Waals surface area contributed by atoms with Crippen molar-refractivity contribution in [1.29, 1.82) is 0 Å². The Bertz CT molecular complexity index is 644. The normalized spacial score (nSPS) is 13.0. The molecule has 0 saturated carbocycles. The summed E-state index contributed by atoms with van der Waals surface area (Å²) in [6.07, 6.45) is 1.39. The molecule has 1 atom stereocenters. The third-order valence-corrected chi connectivity index (χ3v) is 3.44. The number of nitrogens with one attached hydrogen (secondary N) is 1. The summed E-state index contributed by atoms with van der Waals surface area (Å²) in [6, 6.07) is 3.64. The molecule has 3 aromatic heterocycles. The molecule has 0 fully saturated rings. The van der Waals surface area contributed by atoms with Gasteiger partial charge < -0.3 is 16.5 Å². The number of hydrogen-bond acceptors (Lipinski definition) is 6. The smallest absolute Gasteiger partial charge is 0.183 e. The van der Waals surface area contributed by atoms with Crippen molar-refractivity contribution in [2.24, 2.45) is 5.73 Å². The van der Waals surface area contributed by atoms with Gasteiger partial charge >= 0.3 is 0 Å². The van der Waals surface area contributed by atoms with E-state index in [4.69, 9.17) is 11.5 Å². The van der Waals surface area contributed by atoms with Gasteiger partial charge in [-0.25, -0.2) is 15.0 Å². The van der Waals surface area contributed by atoms with Crippen molar-refractivity contribution in [3.63, 3.8) is 0 Å². The van der Waals surface area contributed by atoms with Gasteiger partial charge in [-0.15, -0.1) is 11.3 Å². The van der Waals surface area contributed by atoms with Crippen LogP contribution in [0.1, 0.15) is 16.7 Å². The second-order valence-corrected chi connectivity index (χ2v) is 4.55. The summed E-state index contributed by atoms with van der Waals surface area (Å²) in [7, 11) is 0. The molecule has 0 radical (unpaired) electrons. The van der Waals surface area contributed by atoms with E-state index in [2.05, 4.69) is 19.9 Å². The van der Waals surface area contributed by atoms with E-state index < -0.39 is 0 Å². The van der Waals surface area contributed by atoms with Crippen molar-refractivity contribution in [2.45, 2.75) is 6.04 Å². The Kier molecular flexibility index (Phi) is 2.27. The highest BCUT2D eigenvalue weighted by Gasteiger charge is 2.16. The monoisotopic (exact) mass is 246 g/mol. The SMILES string of the molecule is Nc1ncnc2nc(C(N)c3cccs3)[nH]c12. The average Bonchev–Trinajstić information content (AvgIpc) is 2.98. The van der Waals surface area contributed by atoms with Crippen LogP contribution in [-0.4, -0.2) is 19.9 Å². The largest absolute Gasteiger partial charge is 0.382 e. The zero-order chi connectivity index (χ0) is 11.8. The molecule has 0 aromatic carbocycles. The Morgan fingerprint density at radius 1 is 1.35 bits per heavy atom. The molecule has 3 rings (SSSR count). The maximum atomic E-state index is 6.10. The number of nitrogen functional groups attached to an aromatic ring is 1. The molecule has 86 valence electrons. The maximum absolute atomic E-state index is 6.10. The van der Waals surface area contributed by atoms with Gasteiger partial charge in [0.1, 0.15) is 17.7 Å². The first-order valence-electron chi connectivity index (χ1n) is 5.01. The molecule has 6 nitrogen and oxygen atoms in total. The number of anilines is 1. The summed E-state index contributed by atoms with van der Waals surface area (Å²) in [5.41, 5.74) is 13.0. The minimum atomic E-state index is -0.288. The molecule has 17 heavy (non-hydrogen) atoms. The van der Waals surface area contributed by atoms with Crippen LogP contribution < -0.4 is 11.5 Å². The minimum absolute atomic E-state index is 0.288. The second kappa shape index (κ2) is 3.79. The first-order chi connectivity index (χ1) is 8.25. The van der Waals surface area contributed by atoms with Crippen molar-refractivity contribution < 1.29 is 0 Å². The Morgan fingerprint density at radius 2 is 2.24 bits per heavy atom. The van der Waals surface area contributed by atoms with Gasteiger partial charge in [0.2, 0.25) is 0 Å². The molecule has 7 heteroatoms. The Hall–Kier alpha value is -1.99. The van der Waals surface area contributed by atoms with Crippen LogP contribution in [0.15, 0.2) is 23.8 Å². The van der Waals surface area contributed by atoms with Crippen LogP contribution in [-0.2, 0) is 0 Å². The molecule has 0 saturated heterocycles. The molecule has 0 amide bonds. The highest BCUT2D eigenvalue weighted by molar-refractivity contribution is 7.10. The van der Waals surface area contributed by atoms with Gasteiger partial charge in [0.05, 0.1) is 6.04 Å². The van der Waals surface area contributed by atoms with Gasteiger partial charge in [0, 0.05) is 4.88 Å². The number of H-pyrrole nitrogens is 1. The lowest BCUT2D eigenvalue weighted by Crippen LogP contribution is -2.11. The van der Waals surface area contributed by atoms with Crippen LogP contribution >= 0.6 is 11.3 Å². The zero-order valence-electron chi connectivity index (χ0n) is 8.79. The summed E-state index contributed by atoms with van der Waals surface area (Å²) in [5.74, 6) is 1.03.